The Labute approximate surface area is 191 Å². The molecule has 0 radical (unpaired) electrons. The first-order valence-electron chi connectivity index (χ1n) is 11.9. The molecule has 0 bridgehead atoms. The fourth-order valence-corrected chi connectivity index (χ4v) is 6.62. The molecule has 0 aromatic carbocycles. The first-order chi connectivity index (χ1) is 14.3. The van der Waals surface area contributed by atoms with Gasteiger partial charge in [0, 0.05) is 24.4 Å². The van der Waals surface area contributed by atoms with Gasteiger partial charge in [-0.15, -0.1) is 0 Å². The van der Waals surface area contributed by atoms with Crippen LogP contribution < -0.4 is 0 Å². The summed E-state index contributed by atoms with van der Waals surface area (Å²) in [5.74, 6) is 1.48. The van der Waals surface area contributed by atoms with Gasteiger partial charge < -0.3 is 18.7 Å². The molecule has 31 heavy (non-hydrogen) atoms. The monoisotopic (exact) mass is 450 g/mol. The molecule has 5 heteroatoms. The number of methoxy groups -OCH3 is 1. The highest BCUT2D eigenvalue weighted by Gasteiger charge is 2.54. The number of fused-ring (bicyclic) bond motifs is 1. The number of carbonyl (C=O) groups is 1. The van der Waals surface area contributed by atoms with Crippen molar-refractivity contribution in [3.8, 4) is 0 Å². The molecule has 0 N–H and O–H groups in total. The average Bonchev–Trinajstić information content (AvgIpc) is 2.66. The van der Waals surface area contributed by atoms with Gasteiger partial charge in [-0.05, 0) is 49.2 Å². The van der Waals surface area contributed by atoms with Crippen molar-refractivity contribution in [2.24, 2.45) is 35.0 Å². The van der Waals surface area contributed by atoms with E-state index in [9.17, 15) is 4.79 Å². The fraction of sp³-hybridized carbons (Fsp3) is 0.808. The van der Waals surface area contributed by atoms with Crippen molar-refractivity contribution in [1.82, 2.24) is 0 Å². The Bertz CT molecular complexity index is 677. The van der Waals surface area contributed by atoms with Crippen molar-refractivity contribution in [2.45, 2.75) is 79.1 Å². The topological polar surface area (TPSA) is 44.8 Å². The molecule has 2 aliphatic carbocycles. The number of ether oxygens (including phenoxy) is 2. The number of aldehydes is 1. The largest absolute Gasteiger partial charge is 0.413 e. The predicted molar refractivity (Wildman–Crippen MR) is 130 cm³/mol. The third-order valence-electron chi connectivity index (χ3n) is 8.40. The molecule has 0 unspecified atom stereocenters. The summed E-state index contributed by atoms with van der Waals surface area (Å²) in [5, 5.41) is 0.190. The molecular weight excluding hydrogens is 404 g/mol. The highest BCUT2D eigenvalue weighted by atomic mass is 28.4. The van der Waals surface area contributed by atoms with Gasteiger partial charge >= 0.3 is 0 Å². The van der Waals surface area contributed by atoms with Gasteiger partial charge in [-0.25, -0.2) is 0 Å². The van der Waals surface area contributed by atoms with E-state index in [1.807, 2.05) is 0 Å². The van der Waals surface area contributed by atoms with Gasteiger partial charge in [-0.3, -0.25) is 0 Å². The summed E-state index contributed by atoms with van der Waals surface area (Å²) < 4.78 is 17.7. The summed E-state index contributed by atoms with van der Waals surface area (Å²) in [5.41, 5.74) is 0.772. The van der Waals surface area contributed by atoms with Crippen molar-refractivity contribution in [3.05, 3.63) is 23.8 Å². The van der Waals surface area contributed by atoms with Crippen LogP contribution in [0.15, 0.2) is 23.8 Å². The summed E-state index contributed by atoms with van der Waals surface area (Å²) in [4.78, 5) is 12.6. The summed E-state index contributed by atoms with van der Waals surface area (Å²) in [6, 6.07) is 0. The SMILES string of the molecule is COCO[C@@H]1[C@H]2C=C[C@@H](/C(C)=C/CO[Si](C)(C)C(C)(C)C)[C@@](C)(C=O)[C@@H]2[C@@H](C)C[C@@H]1C. The molecule has 1 fully saturated rings. The van der Waals surface area contributed by atoms with Gasteiger partial charge in [0.25, 0.3) is 0 Å². The van der Waals surface area contributed by atoms with Crippen LogP contribution in [0.1, 0.15) is 54.9 Å². The Morgan fingerprint density at radius 2 is 1.84 bits per heavy atom. The molecule has 0 aromatic heterocycles. The van der Waals surface area contributed by atoms with Crippen LogP contribution in [0, 0.1) is 35.0 Å². The quantitative estimate of drug-likeness (QED) is 0.190. The van der Waals surface area contributed by atoms with Crippen LogP contribution in [0.2, 0.25) is 18.1 Å². The predicted octanol–water partition coefficient (Wildman–Crippen LogP) is 6.24. The second-order valence-corrected chi connectivity index (χ2v) is 16.5. The first-order valence-corrected chi connectivity index (χ1v) is 14.8. The molecule has 0 aromatic rings. The molecular formula is C26H46O4Si. The molecule has 7 atom stereocenters. The van der Waals surface area contributed by atoms with Gasteiger partial charge in [-0.2, -0.15) is 0 Å². The summed E-state index contributed by atoms with van der Waals surface area (Å²) in [6.45, 7) is 21.1. The molecule has 1 saturated carbocycles. The van der Waals surface area contributed by atoms with Crippen molar-refractivity contribution in [1.29, 1.82) is 0 Å². The minimum atomic E-state index is -1.79. The molecule has 0 amide bonds. The first kappa shape index (κ1) is 26.5. The van der Waals surface area contributed by atoms with Crippen molar-refractivity contribution in [2.75, 3.05) is 20.5 Å². The van der Waals surface area contributed by atoms with Crippen LogP contribution in [-0.4, -0.2) is 41.2 Å². The lowest BCUT2D eigenvalue weighted by molar-refractivity contribution is -0.156. The number of rotatable bonds is 8. The average molecular weight is 451 g/mol. The smallest absolute Gasteiger partial charge is 0.192 e. The summed E-state index contributed by atoms with van der Waals surface area (Å²) >= 11 is 0. The zero-order valence-corrected chi connectivity index (χ0v) is 22.5. The van der Waals surface area contributed by atoms with E-state index in [0.717, 1.165) is 6.42 Å². The highest BCUT2D eigenvalue weighted by Crippen LogP contribution is 2.55. The minimum absolute atomic E-state index is 0.0869. The van der Waals surface area contributed by atoms with E-state index in [-0.39, 0.29) is 28.9 Å². The van der Waals surface area contributed by atoms with Crippen LogP contribution in [0.5, 0.6) is 0 Å². The number of hydrogen-bond donors (Lipinski definition) is 0. The van der Waals surface area contributed by atoms with Crippen LogP contribution in [0.25, 0.3) is 0 Å². The van der Waals surface area contributed by atoms with E-state index in [0.29, 0.717) is 25.2 Å². The summed E-state index contributed by atoms with van der Waals surface area (Å²) in [6.07, 6.45) is 9.14. The maximum atomic E-state index is 12.6. The Balaban J connectivity index is 2.29. The molecule has 4 nitrogen and oxygen atoms in total. The molecule has 2 aliphatic rings. The lowest BCUT2D eigenvalue weighted by Gasteiger charge is -2.54. The summed E-state index contributed by atoms with van der Waals surface area (Å²) in [7, 11) is -0.132. The van der Waals surface area contributed by atoms with Crippen LogP contribution >= 0.6 is 0 Å². The Hall–Kier alpha value is -0.753. The third-order valence-corrected chi connectivity index (χ3v) is 12.9. The number of allylic oxidation sites excluding steroid dienone is 2. The minimum Gasteiger partial charge on any atom is -0.413 e. The number of hydrogen-bond acceptors (Lipinski definition) is 4. The third kappa shape index (κ3) is 5.43. The fourth-order valence-electron chi connectivity index (χ4n) is 5.68. The Morgan fingerprint density at radius 1 is 1.19 bits per heavy atom. The second-order valence-electron chi connectivity index (χ2n) is 11.7. The second kappa shape index (κ2) is 10.0. The van der Waals surface area contributed by atoms with E-state index in [1.165, 1.54) is 11.9 Å². The molecule has 2 rings (SSSR count). The van der Waals surface area contributed by atoms with Crippen LogP contribution in [0.4, 0.5) is 0 Å². The van der Waals surface area contributed by atoms with Crippen molar-refractivity contribution >= 4 is 14.6 Å². The van der Waals surface area contributed by atoms with Crippen molar-refractivity contribution < 1.29 is 18.7 Å². The van der Waals surface area contributed by atoms with E-state index < -0.39 is 13.7 Å². The maximum Gasteiger partial charge on any atom is 0.192 e. The van der Waals surface area contributed by atoms with Gasteiger partial charge in [0.05, 0.1) is 12.7 Å². The zero-order valence-electron chi connectivity index (χ0n) is 21.5. The molecule has 0 spiro atoms. The maximum absolute atomic E-state index is 12.6. The Kier molecular flexibility index (Phi) is 8.57. The lowest BCUT2D eigenvalue weighted by atomic mass is 9.51. The van der Waals surface area contributed by atoms with E-state index in [1.54, 1.807) is 7.11 Å². The Morgan fingerprint density at radius 3 is 2.39 bits per heavy atom. The normalized spacial score (nSPS) is 36.9. The molecule has 0 heterocycles. The molecule has 178 valence electrons. The van der Waals surface area contributed by atoms with E-state index >= 15 is 0 Å². The van der Waals surface area contributed by atoms with E-state index in [4.69, 9.17) is 13.9 Å². The lowest BCUT2D eigenvalue weighted by Crippen LogP contribution is -2.54. The molecule has 0 aliphatic heterocycles. The van der Waals surface area contributed by atoms with Gasteiger partial charge in [0.15, 0.2) is 8.32 Å². The van der Waals surface area contributed by atoms with Crippen LogP contribution in [-0.2, 0) is 18.7 Å². The zero-order chi connectivity index (χ0) is 23.6. The molecule has 0 saturated heterocycles. The standard InChI is InChI=1S/C26H46O4Si/c1-18(13-14-30-31(9,10)25(4,5)6)22-12-11-21-23(26(22,7)16-27)19(2)15-20(3)24(21)29-17-28-8/h11-13,16,19-24H,14-15,17H2,1-10H3/b18-13+/t19-,20-,21-,22-,23+,24-,26+/m0/s1. The van der Waals surface area contributed by atoms with Crippen LogP contribution in [0.3, 0.4) is 0 Å². The highest BCUT2D eigenvalue weighted by molar-refractivity contribution is 6.74. The van der Waals surface area contributed by atoms with Crippen molar-refractivity contribution in [3.63, 3.8) is 0 Å². The van der Waals surface area contributed by atoms with E-state index in [2.05, 4.69) is 79.8 Å². The van der Waals surface area contributed by atoms with Gasteiger partial charge in [-0.1, -0.05) is 65.3 Å². The number of carbonyl (C=O) groups excluding carboxylic acids is 1. The van der Waals surface area contributed by atoms with Gasteiger partial charge in [0.2, 0.25) is 0 Å². The van der Waals surface area contributed by atoms with Gasteiger partial charge in [0.1, 0.15) is 13.1 Å².